The number of aromatic amines is 2. The molecule has 2 aromatic rings. The van der Waals surface area contributed by atoms with E-state index in [0.717, 1.165) is 5.82 Å². The van der Waals surface area contributed by atoms with E-state index in [-0.39, 0.29) is 0 Å². The van der Waals surface area contributed by atoms with Crippen LogP contribution in [-0.2, 0) is 0 Å². The van der Waals surface area contributed by atoms with Gasteiger partial charge < -0.3 is 17.3 Å². The number of rotatable bonds is 1. The normalized spacial score (nSPS) is 10.7. The van der Waals surface area contributed by atoms with Gasteiger partial charge in [0.15, 0.2) is 0 Å². The van der Waals surface area contributed by atoms with E-state index in [1.54, 1.807) is 11.3 Å². The molecule has 15 heavy (non-hydrogen) atoms. The van der Waals surface area contributed by atoms with Gasteiger partial charge in [-0.25, -0.2) is 9.97 Å². The third-order valence-electron chi connectivity index (χ3n) is 1.31. The van der Waals surface area contributed by atoms with Crippen molar-refractivity contribution >= 4 is 18.6 Å². The summed E-state index contributed by atoms with van der Waals surface area (Å²) in [5.41, 5.74) is 0. The minimum absolute atomic E-state index is 1.08. The average Bonchev–Trinajstić information content (AvgIpc) is 2.73. The Hall–Kier alpha value is -1.31. The number of thiophene rings is 1. The topological polar surface area (TPSA) is 29.9 Å². The van der Waals surface area contributed by atoms with Crippen molar-refractivity contribution in [2.45, 2.75) is 0 Å². The zero-order chi connectivity index (χ0) is 11.3. The van der Waals surface area contributed by atoms with E-state index in [1.165, 1.54) is 4.88 Å². The predicted octanol–water partition coefficient (Wildman–Crippen LogP) is 2.86. The Kier molecular flexibility index (Phi) is 3.90. The third-order valence-corrected chi connectivity index (χ3v) is 2.19. The molecule has 8 heteroatoms. The summed E-state index contributed by atoms with van der Waals surface area (Å²) in [6.45, 7) is 0. The highest BCUT2D eigenvalue weighted by Gasteiger charge is 2.20. The molecule has 2 nitrogen and oxygen atoms in total. The molecule has 2 aromatic heterocycles. The molecule has 0 aliphatic carbocycles. The first-order chi connectivity index (χ1) is 6.97. The molecule has 0 fully saturated rings. The number of imidazole rings is 1. The first-order valence-electron chi connectivity index (χ1n) is 3.93. The highest BCUT2D eigenvalue weighted by Crippen LogP contribution is 2.17. The van der Waals surface area contributed by atoms with Crippen molar-refractivity contribution in [3.63, 3.8) is 0 Å². The molecular formula is C7H7BF4N2S. The smallest absolute Gasteiger partial charge is 0.418 e. The summed E-state index contributed by atoms with van der Waals surface area (Å²) in [5.74, 6) is 1.08. The minimum atomic E-state index is -6.00. The van der Waals surface area contributed by atoms with Gasteiger partial charge in [-0.3, -0.25) is 0 Å². The van der Waals surface area contributed by atoms with Gasteiger partial charge in [0, 0.05) is 0 Å². The van der Waals surface area contributed by atoms with Crippen molar-refractivity contribution in [1.82, 2.24) is 4.98 Å². The van der Waals surface area contributed by atoms with Crippen molar-refractivity contribution in [3.8, 4) is 10.7 Å². The zero-order valence-electron chi connectivity index (χ0n) is 7.38. The molecule has 82 valence electrons. The van der Waals surface area contributed by atoms with Gasteiger partial charge in [-0.1, -0.05) is 6.07 Å². The highest BCUT2D eigenvalue weighted by molar-refractivity contribution is 7.13. The molecule has 0 atom stereocenters. The van der Waals surface area contributed by atoms with Crippen LogP contribution in [0.1, 0.15) is 0 Å². The highest BCUT2D eigenvalue weighted by atomic mass is 32.1. The van der Waals surface area contributed by atoms with Crippen LogP contribution in [0, 0.1) is 0 Å². The van der Waals surface area contributed by atoms with Gasteiger partial charge in [-0.2, -0.15) is 0 Å². The molecule has 0 saturated heterocycles. The minimum Gasteiger partial charge on any atom is -0.418 e. The van der Waals surface area contributed by atoms with Gasteiger partial charge >= 0.3 is 7.25 Å². The Bertz CT molecular complexity index is 332. The maximum atomic E-state index is 9.75. The fourth-order valence-corrected chi connectivity index (χ4v) is 1.55. The van der Waals surface area contributed by atoms with Crippen molar-refractivity contribution in [1.29, 1.82) is 0 Å². The van der Waals surface area contributed by atoms with E-state index < -0.39 is 7.25 Å². The van der Waals surface area contributed by atoms with Crippen molar-refractivity contribution in [2.24, 2.45) is 0 Å². The van der Waals surface area contributed by atoms with Crippen LogP contribution >= 0.6 is 11.3 Å². The van der Waals surface area contributed by atoms with Crippen molar-refractivity contribution in [2.75, 3.05) is 0 Å². The lowest BCUT2D eigenvalue weighted by Gasteiger charge is -1.94. The van der Waals surface area contributed by atoms with Crippen LogP contribution in [0.2, 0.25) is 0 Å². The maximum Gasteiger partial charge on any atom is 0.673 e. The molecule has 0 unspecified atom stereocenters. The lowest BCUT2D eigenvalue weighted by Crippen LogP contribution is -2.02. The molecule has 2 rings (SSSR count). The molecule has 0 aromatic carbocycles. The monoisotopic (exact) mass is 238 g/mol. The standard InChI is InChI=1S/C7H6N2S.BF4/c1-2-6(10-5-1)7-8-3-4-9-7;2-1(3,4)5/h1-5H,(H,8,9);/q;-1/p+1. The number of halogens is 4. The van der Waals surface area contributed by atoms with Crippen LogP contribution in [0.5, 0.6) is 0 Å². The second-order valence-corrected chi connectivity index (χ2v) is 3.42. The van der Waals surface area contributed by atoms with E-state index >= 15 is 0 Å². The molecule has 0 saturated carbocycles. The second kappa shape index (κ2) is 4.97. The van der Waals surface area contributed by atoms with Crippen molar-refractivity contribution < 1.29 is 22.2 Å². The SMILES string of the molecule is F[B-](F)(F)F.c1csc(-c2[nH]cc[nH+]2)c1. The fourth-order valence-electron chi connectivity index (χ4n) is 0.855. The van der Waals surface area contributed by atoms with E-state index in [4.69, 9.17) is 0 Å². The average molecular weight is 238 g/mol. The lowest BCUT2D eigenvalue weighted by molar-refractivity contribution is -0.362. The molecule has 0 aliphatic rings. The van der Waals surface area contributed by atoms with E-state index in [9.17, 15) is 17.3 Å². The first kappa shape index (κ1) is 11.8. The maximum absolute atomic E-state index is 9.75. The molecule has 0 bridgehead atoms. The Balaban J connectivity index is 0.000000195. The van der Waals surface area contributed by atoms with Crippen LogP contribution in [-0.4, -0.2) is 12.2 Å². The van der Waals surface area contributed by atoms with Gasteiger partial charge in [-0.15, -0.1) is 11.3 Å². The van der Waals surface area contributed by atoms with Crippen LogP contribution in [0.25, 0.3) is 10.7 Å². The molecular weight excluding hydrogens is 231 g/mol. The number of hydrogen-bond donors (Lipinski definition) is 1. The predicted molar refractivity (Wildman–Crippen MR) is 50.8 cm³/mol. The Morgan fingerprint density at radius 2 is 1.93 bits per heavy atom. The molecule has 0 aliphatic heterocycles. The van der Waals surface area contributed by atoms with Gasteiger partial charge in [-0.05, 0) is 11.4 Å². The van der Waals surface area contributed by atoms with E-state index in [1.807, 2.05) is 18.5 Å². The van der Waals surface area contributed by atoms with Crippen molar-refractivity contribution in [3.05, 3.63) is 29.9 Å². The molecule has 0 spiro atoms. The van der Waals surface area contributed by atoms with Gasteiger partial charge in [0.2, 0.25) is 0 Å². The van der Waals surface area contributed by atoms with E-state index in [2.05, 4.69) is 21.4 Å². The number of H-pyrrole nitrogens is 2. The van der Waals surface area contributed by atoms with Gasteiger partial charge in [0.1, 0.15) is 17.3 Å². The second-order valence-electron chi connectivity index (χ2n) is 2.47. The molecule has 2 N–H and O–H groups in total. The van der Waals surface area contributed by atoms with Gasteiger partial charge in [0.25, 0.3) is 5.82 Å². The first-order valence-corrected chi connectivity index (χ1v) is 4.81. The number of aromatic nitrogens is 2. The van der Waals surface area contributed by atoms with Crippen LogP contribution in [0.15, 0.2) is 29.9 Å². The summed E-state index contributed by atoms with van der Waals surface area (Å²) in [7, 11) is -6.00. The summed E-state index contributed by atoms with van der Waals surface area (Å²) >= 11 is 1.72. The molecule has 2 heterocycles. The number of nitrogens with one attached hydrogen (secondary N) is 2. The lowest BCUT2D eigenvalue weighted by atomic mass is 10.3. The molecule has 0 radical (unpaired) electrons. The Labute approximate surface area is 87.1 Å². The summed E-state index contributed by atoms with van der Waals surface area (Å²) in [4.78, 5) is 7.43. The quantitative estimate of drug-likeness (QED) is 0.584. The third kappa shape index (κ3) is 5.21. The summed E-state index contributed by atoms with van der Waals surface area (Å²) in [5, 5.41) is 2.06. The summed E-state index contributed by atoms with van der Waals surface area (Å²) in [6, 6.07) is 4.11. The van der Waals surface area contributed by atoms with Crippen LogP contribution < -0.4 is 4.98 Å². The summed E-state index contributed by atoms with van der Waals surface area (Å²) < 4.78 is 39.0. The van der Waals surface area contributed by atoms with Gasteiger partial charge in [0.05, 0.1) is 0 Å². The Morgan fingerprint density at radius 1 is 1.27 bits per heavy atom. The number of hydrogen-bond acceptors (Lipinski definition) is 1. The summed E-state index contributed by atoms with van der Waals surface area (Å²) in [6.07, 6.45) is 3.77. The zero-order valence-corrected chi connectivity index (χ0v) is 8.20. The largest absolute Gasteiger partial charge is 0.673 e. The Morgan fingerprint density at radius 3 is 2.33 bits per heavy atom. The fraction of sp³-hybridized carbons (Fsp3) is 0. The van der Waals surface area contributed by atoms with Crippen LogP contribution in [0.3, 0.4) is 0 Å². The van der Waals surface area contributed by atoms with E-state index in [0.29, 0.717) is 0 Å². The van der Waals surface area contributed by atoms with Crippen LogP contribution in [0.4, 0.5) is 17.3 Å². The molecule has 0 amide bonds.